The summed E-state index contributed by atoms with van der Waals surface area (Å²) in [5, 5.41) is 23.0. The van der Waals surface area contributed by atoms with E-state index in [0.717, 1.165) is 11.1 Å². The Kier molecular flexibility index (Phi) is 3.36. The molecular weight excluding hydrogens is 256 g/mol. The highest BCUT2D eigenvalue weighted by Crippen LogP contribution is 2.00. The number of aromatic nitrogens is 6. The lowest BCUT2D eigenvalue weighted by Crippen LogP contribution is -1.90. The summed E-state index contributed by atoms with van der Waals surface area (Å²) in [5.74, 6) is 0. The molecule has 0 saturated heterocycles. The first-order valence-corrected chi connectivity index (χ1v) is 5.78. The van der Waals surface area contributed by atoms with Gasteiger partial charge in [0.25, 0.3) is 0 Å². The summed E-state index contributed by atoms with van der Waals surface area (Å²) < 4.78 is 3.06. The number of benzene rings is 1. The van der Waals surface area contributed by atoms with Crippen molar-refractivity contribution in [3.63, 3.8) is 0 Å². The molecule has 0 aliphatic rings. The Balaban J connectivity index is 1.68. The van der Waals surface area contributed by atoms with Gasteiger partial charge in [-0.1, -0.05) is 24.3 Å². The van der Waals surface area contributed by atoms with Gasteiger partial charge in [-0.3, -0.25) is 0 Å². The van der Waals surface area contributed by atoms with Gasteiger partial charge in [0.2, 0.25) is 0 Å². The molecule has 0 fully saturated rings. The lowest BCUT2D eigenvalue weighted by atomic mass is 10.2. The molecule has 3 rings (SSSR count). The van der Waals surface area contributed by atoms with E-state index in [1.54, 1.807) is 12.4 Å². The molecule has 0 bridgehead atoms. The second-order valence-corrected chi connectivity index (χ2v) is 3.84. The van der Waals surface area contributed by atoms with Crippen molar-refractivity contribution < 1.29 is 0 Å². The van der Waals surface area contributed by atoms with Gasteiger partial charge in [-0.2, -0.15) is 10.2 Å². The van der Waals surface area contributed by atoms with Crippen molar-refractivity contribution in [3.8, 4) is 0 Å². The summed E-state index contributed by atoms with van der Waals surface area (Å²) in [7, 11) is 0. The summed E-state index contributed by atoms with van der Waals surface area (Å²) in [6.07, 6.45) is 9.55. The predicted octanol–water partition coefficient (Wildman–Crippen LogP) is 0.634. The third-order valence-electron chi connectivity index (χ3n) is 2.43. The first-order valence-electron chi connectivity index (χ1n) is 5.78. The zero-order valence-electron chi connectivity index (χ0n) is 10.4. The minimum absolute atomic E-state index is 0.972. The molecule has 8 nitrogen and oxygen atoms in total. The van der Waals surface area contributed by atoms with Gasteiger partial charge in [0.05, 0.1) is 12.4 Å². The van der Waals surface area contributed by atoms with Crippen LogP contribution in [0.15, 0.2) is 59.8 Å². The van der Waals surface area contributed by atoms with Crippen LogP contribution in [-0.4, -0.2) is 42.2 Å². The van der Waals surface area contributed by atoms with Crippen LogP contribution in [0.3, 0.4) is 0 Å². The number of hydrogen-bond acceptors (Lipinski definition) is 6. The van der Waals surface area contributed by atoms with Crippen molar-refractivity contribution in [3.05, 3.63) is 60.7 Å². The standard InChI is InChI=1S/C12H10N8/c1-2-12(6-18-20-9-15-16-10-20)4-3-11(1)5-17-19-7-13-14-8-19/h1-10H. The Morgan fingerprint density at radius 1 is 0.650 bits per heavy atom. The molecule has 0 spiro atoms. The maximum atomic E-state index is 4.17. The second-order valence-electron chi connectivity index (χ2n) is 3.84. The molecule has 0 aliphatic heterocycles. The van der Waals surface area contributed by atoms with E-state index in [1.165, 1.54) is 34.7 Å². The van der Waals surface area contributed by atoms with Crippen molar-refractivity contribution in [1.82, 2.24) is 29.7 Å². The molecule has 0 unspecified atom stereocenters. The highest BCUT2D eigenvalue weighted by molar-refractivity contribution is 5.83. The van der Waals surface area contributed by atoms with Gasteiger partial charge in [0.1, 0.15) is 25.3 Å². The van der Waals surface area contributed by atoms with E-state index in [4.69, 9.17) is 0 Å². The zero-order valence-corrected chi connectivity index (χ0v) is 10.4. The molecule has 0 saturated carbocycles. The summed E-state index contributed by atoms with van der Waals surface area (Å²) in [5.41, 5.74) is 1.94. The first kappa shape index (κ1) is 11.9. The summed E-state index contributed by atoms with van der Waals surface area (Å²) in [4.78, 5) is 0. The third-order valence-corrected chi connectivity index (χ3v) is 2.43. The lowest BCUT2D eigenvalue weighted by Gasteiger charge is -1.95. The van der Waals surface area contributed by atoms with Crippen molar-refractivity contribution in [2.75, 3.05) is 0 Å². The van der Waals surface area contributed by atoms with E-state index in [1.807, 2.05) is 24.3 Å². The number of nitrogens with zero attached hydrogens (tertiary/aromatic N) is 8. The van der Waals surface area contributed by atoms with E-state index in [0.29, 0.717) is 0 Å². The summed E-state index contributed by atoms with van der Waals surface area (Å²) in [6.45, 7) is 0. The minimum Gasteiger partial charge on any atom is -0.208 e. The maximum absolute atomic E-state index is 4.17. The highest BCUT2D eigenvalue weighted by atomic mass is 15.4. The monoisotopic (exact) mass is 266 g/mol. The topological polar surface area (TPSA) is 86.1 Å². The van der Waals surface area contributed by atoms with Crippen molar-refractivity contribution in [2.45, 2.75) is 0 Å². The molecule has 0 amide bonds. The van der Waals surface area contributed by atoms with Gasteiger partial charge >= 0.3 is 0 Å². The van der Waals surface area contributed by atoms with E-state index in [-0.39, 0.29) is 0 Å². The summed E-state index contributed by atoms with van der Waals surface area (Å²) in [6, 6.07) is 7.78. The van der Waals surface area contributed by atoms with Crippen LogP contribution in [0.2, 0.25) is 0 Å². The molecular formula is C12H10N8. The Morgan fingerprint density at radius 2 is 1.00 bits per heavy atom. The Hall–Kier alpha value is -3.16. The number of rotatable bonds is 4. The molecule has 3 aromatic rings. The van der Waals surface area contributed by atoms with Crippen LogP contribution in [0.25, 0.3) is 0 Å². The van der Waals surface area contributed by atoms with E-state index >= 15 is 0 Å². The van der Waals surface area contributed by atoms with Crippen LogP contribution in [-0.2, 0) is 0 Å². The fourth-order valence-corrected chi connectivity index (χ4v) is 1.44. The molecule has 2 heterocycles. The van der Waals surface area contributed by atoms with Crippen molar-refractivity contribution in [1.29, 1.82) is 0 Å². The largest absolute Gasteiger partial charge is 0.208 e. The Bertz CT molecular complexity index is 631. The summed E-state index contributed by atoms with van der Waals surface area (Å²) >= 11 is 0. The normalized spacial score (nSPS) is 11.6. The molecule has 2 aromatic heterocycles. The molecule has 0 N–H and O–H groups in total. The fourth-order valence-electron chi connectivity index (χ4n) is 1.44. The third kappa shape index (κ3) is 2.99. The Morgan fingerprint density at radius 3 is 1.35 bits per heavy atom. The van der Waals surface area contributed by atoms with E-state index < -0.39 is 0 Å². The average molecular weight is 266 g/mol. The van der Waals surface area contributed by atoms with Crippen LogP contribution in [0.4, 0.5) is 0 Å². The smallest absolute Gasteiger partial charge is 0.141 e. The Labute approximate surface area is 114 Å². The van der Waals surface area contributed by atoms with Gasteiger partial charge in [0.15, 0.2) is 0 Å². The van der Waals surface area contributed by atoms with Crippen LogP contribution in [0.1, 0.15) is 11.1 Å². The molecule has 98 valence electrons. The van der Waals surface area contributed by atoms with Crippen LogP contribution in [0.5, 0.6) is 0 Å². The predicted molar refractivity (Wildman–Crippen MR) is 72.5 cm³/mol. The van der Waals surface area contributed by atoms with Gasteiger partial charge in [-0.15, -0.1) is 20.4 Å². The maximum Gasteiger partial charge on any atom is 0.141 e. The minimum atomic E-state index is 0.972. The molecule has 0 aliphatic carbocycles. The zero-order chi connectivity index (χ0) is 13.6. The van der Waals surface area contributed by atoms with Crippen molar-refractivity contribution >= 4 is 12.4 Å². The van der Waals surface area contributed by atoms with E-state index in [2.05, 4.69) is 30.6 Å². The van der Waals surface area contributed by atoms with Crippen molar-refractivity contribution in [2.24, 2.45) is 10.2 Å². The fraction of sp³-hybridized carbons (Fsp3) is 0. The average Bonchev–Trinajstić information content (AvgIpc) is 3.17. The van der Waals surface area contributed by atoms with Crippen LogP contribution >= 0.6 is 0 Å². The number of hydrogen-bond donors (Lipinski definition) is 0. The van der Waals surface area contributed by atoms with Gasteiger partial charge in [-0.05, 0) is 11.1 Å². The van der Waals surface area contributed by atoms with Gasteiger partial charge in [0, 0.05) is 0 Å². The molecule has 8 heteroatoms. The quantitative estimate of drug-likeness (QED) is 0.648. The highest BCUT2D eigenvalue weighted by Gasteiger charge is 1.91. The molecule has 0 radical (unpaired) electrons. The van der Waals surface area contributed by atoms with Crippen LogP contribution in [0, 0.1) is 0 Å². The SMILES string of the molecule is C(=Nn1cnnc1)c1ccc(C=Nn2cnnc2)cc1. The first-order chi connectivity index (χ1) is 9.90. The van der Waals surface area contributed by atoms with Crippen LogP contribution < -0.4 is 0 Å². The second kappa shape index (κ2) is 5.65. The molecule has 20 heavy (non-hydrogen) atoms. The lowest BCUT2D eigenvalue weighted by molar-refractivity contribution is 0.878. The van der Waals surface area contributed by atoms with Gasteiger partial charge < -0.3 is 0 Å². The van der Waals surface area contributed by atoms with Gasteiger partial charge in [-0.25, -0.2) is 9.35 Å². The molecule has 0 atom stereocenters. The molecule has 1 aromatic carbocycles. The van der Waals surface area contributed by atoms with E-state index in [9.17, 15) is 0 Å².